The van der Waals surface area contributed by atoms with E-state index in [4.69, 9.17) is 4.74 Å². The summed E-state index contributed by atoms with van der Waals surface area (Å²) >= 11 is 0. The number of rotatable bonds is 8. The molecule has 0 spiro atoms. The molecule has 0 radical (unpaired) electrons. The van der Waals surface area contributed by atoms with Gasteiger partial charge in [0, 0.05) is 5.69 Å². The molecule has 2 N–H and O–H groups in total. The Morgan fingerprint density at radius 2 is 1.69 bits per heavy atom. The van der Waals surface area contributed by atoms with Crippen molar-refractivity contribution >= 4 is 21.6 Å². The summed E-state index contributed by atoms with van der Waals surface area (Å²) in [6.07, 6.45) is 0.199. The Morgan fingerprint density at radius 3 is 2.38 bits per heavy atom. The lowest BCUT2D eigenvalue weighted by molar-refractivity contribution is -0.117. The lowest BCUT2D eigenvalue weighted by Crippen LogP contribution is -2.45. The fourth-order valence-corrected chi connectivity index (χ4v) is 4.84. The van der Waals surface area contributed by atoms with Crippen molar-refractivity contribution in [2.45, 2.75) is 38.1 Å². The molecule has 0 aliphatic rings. The monoisotopic (exact) mass is 452 g/mol. The van der Waals surface area contributed by atoms with Crippen LogP contribution < -0.4 is 14.8 Å². The van der Waals surface area contributed by atoms with E-state index in [1.54, 1.807) is 25.1 Å². The number of sulfonamides is 1. The summed E-state index contributed by atoms with van der Waals surface area (Å²) in [6.45, 7) is 5.67. The number of nitrogens with one attached hydrogen (secondary N) is 2. The Bertz CT molecular complexity index is 1210. The third kappa shape index (κ3) is 5.55. The standard InChI is InChI=1S/C25H28N2O4S/c1-17-13-14-23(31-4)24(15-17)32(29,30)27-22(16-20-10-6-5-7-11-20)25(28)26-21-12-8-9-18(2)19(21)3/h5-15,22,27H,16H2,1-4H3,(H,26,28)/t22-/m1/s1. The van der Waals surface area contributed by atoms with E-state index in [0.717, 1.165) is 22.3 Å². The molecule has 0 fully saturated rings. The van der Waals surface area contributed by atoms with Crippen LogP contribution in [0.2, 0.25) is 0 Å². The second-order valence-corrected chi connectivity index (χ2v) is 9.44. The minimum absolute atomic E-state index is 0.00222. The van der Waals surface area contributed by atoms with Crippen molar-refractivity contribution in [3.63, 3.8) is 0 Å². The van der Waals surface area contributed by atoms with E-state index in [2.05, 4.69) is 10.0 Å². The minimum atomic E-state index is -4.04. The first-order valence-corrected chi connectivity index (χ1v) is 11.8. The molecule has 1 atom stereocenters. The number of ether oxygens (including phenoxy) is 1. The van der Waals surface area contributed by atoms with E-state index in [1.807, 2.05) is 56.3 Å². The molecule has 6 nitrogen and oxygen atoms in total. The zero-order valence-corrected chi connectivity index (χ0v) is 19.5. The highest BCUT2D eigenvalue weighted by atomic mass is 32.2. The maximum atomic E-state index is 13.3. The van der Waals surface area contributed by atoms with Crippen LogP contribution in [0, 0.1) is 20.8 Å². The maximum Gasteiger partial charge on any atom is 0.245 e. The Kier molecular flexibility index (Phi) is 7.33. The number of aryl methyl sites for hydroxylation is 2. The number of hydrogen-bond acceptors (Lipinski definition) is 4. The molecule has 0 bridgehead atoms. The number of hydrogen-bond donors (Lipinski definition) is 2. The van der Waals surface area contributed by atoms with Crippen molar-refractivity contribution in [3.05, 3.63) is 89.0 Å². The van der Waals surface area contributed by atoms with Gasteiger partial charge in [0.2, 0.25) is 15.9 Å². The molecule has 0 saturated carbocycles. The SMILES string of the molecule is COc1ccc(C)cc1S(=O)(=O)N[C@H](Cc1ccccc1)C(=O)Nc1cccc(C)c1C. The van der Waals surface area contributed by atoms with Crippen LogP contribution >= 0.6 is 0 Å². The Morgan fingerprint density at radius 1 is 0.969 bits per heavy atom. The van der Waals surface area contributed by atoms with E-state index < -0.39 is 22.0 Å². The van der Waals surface area contributed by atoms with Crippen LogP contribution in [0.1, 0.15) is 22.3 Å². The molecule has 168 valence electrons. The number of methoxy groups -OCH3 is 1. The van der Waals surface area contributed by atoms with E-state index in [1.165, 1.54) is 13.2 Å². The first-order chi connectivity index (χ1) is 15.2. The van der Waals surface area contributed by atoms with Crippen molar-refractivity contribution in [2.24, 2.45) is 0 Å². The van der Waals surface area contributed by atoms with Crippen LogP contribution in [0.5, 0.6) is 5.75 Å². The first-order valence-electron chi connectivity index (χ1n) is 10.3. The molecule has 1 amide bonds. The van der Waals surface area contributed by atoms with Crippen molar-refractivity contribution in [3.8, 4) is 5.75 Å². The van der Waals surface area contributed by atoms with Crippen LogP contribution in [0.15, 0.2) is 71.6 Å². The lowest BCUT2D eigenvalue weighted by atomic mass is 10.0. The van der Waals surface area contributed by atoms with Gasteiger partial charge in [0.25, 0.3) is 0 Å². The van der Waals surface area contributed by atoms with Gasteiger partial charge >= 0.3 is 0 Å². The van der Waals surface area contributed by atoms with E-state index in [0.29, 0.717) is 5.69 Å². The zero-order valence-electron chi connectivity index (χ0n) is 18.7. The minimum Gasteiger partial charge on any atom is -0.495 e. The first kappa shape index (κ1) is 23.5. The summed E-state index contributed by atoms with van der Waals surface area (Å²) in [5.41, 5.74) is 4.23. The average molecular weight is 453 g/mol. The molecule has 0 saturated heterocycles. The summed E-state index contributed by atoms with van der Waals surface area (Å²) < 4.78 is 34.4. The number of carbonyl (C=O) groups is 1. The van der Waals surface area contributed by atoms with Crippen molar-refractivity contribution in [2.75, 3.05) is 12.4 Å². The summed E-state index contributed by atoms with van der Waals surface area (Å²) in [5, 5.41) is 2.89. The van der Waals surface area contributed by atoms with E-state index in [9.17, 15) is 13.2 Å². The van der Waals surface area contributed by atoms with E-state index >= 15 is 0 Å². The van der Waals surface area contributed by atoms with Gasteiger partial charge in [-0.15, -0.1) is 0 Å². The Hall–Kier alpha value is -3.16. The molecule has 3 rings (SSSR count). The molecule has 3 aromatic rings. The number of anilines is 1. The summed E-state index contributed by atoms with van der Waals surface area (Å²) in [6, 6.07) is 18.8. The van der Waals surface area contributed by atoms with Crippen molar-refractivity contribution < 1.29 is 17.9 Å². The second-order valence-electron chi connectivity index (χ2n) is 7.75. The highest BCUT2D eigenvalue weighted by Crippen LogP contribution is 2.25. The van der Waals surface area contributed by atoms with Gasteiger partial charge in [0.15, 0.2) is 0 Å². The second kappa shape index (κ2) is 9.97. The maximum absolute atomic E-state index is 13.3. The normalized spacial score (nSPS) is 12.2. The summed E-state index contributed by atoms with van der Waals surface area (Å²) in [7, 11) is -2.62. The topological polar surface area (TPSA) is 84.5 Å². The number of amides is 1. The van der Waals surface area contributed by atoms with Crippen molar-refractivity contribution in [1.82, 2.24) is 4.72 Å². The largest absolute Gasteiger partial charge is 0.495 e. The molecule has 0 heterocycles. The molecular weight excluding hydrogens is 424 g/mol. The third-order valence-corrected chi connectivity index (χ3v) is 6.86. The highest BCUT2D eigenvalue weighted by Gasteiger charge is 2.28. The lowest BCUT2D eigenvalue weighted by Gasteiger charge is -2.21. The smallest absolute Gasteiger partial charge is 0.245 e. The van der Waals surface area contributed by atoms with Gasteiger partial charge in [-0.2, -0.15) is 4.72 Å². The van der Waals surface area contributed by atoms with Crippen LogP contribution in [0.3, 0.4) is 0 Å². The van der Waals surface area contributed by atoms with Gasteiger partial charge in [0.1, 0.15) is 16.7 Å². The molecule has 3 aromatic carbocycles. The van der Waals surface area contributed by atoms with Gasteiger partial charge in [-0.25, -0.2) is 8.42 Å². The van der Waals surface area contributed by atoms with Crippen LogP contribution in [0.4, 0.5) is 5.69 Å². The van der Waals surface area contributed by atoms with Gasteiger partial charge in [0.05, 0.1) is 7.11 Å². The van der Waals surface area contributed by atoms with Crippen molar-refractivity contribution in [1.29, 1.82) is 0 Å². The molecule has 0 aliphatic heterocycles. The molecule has 0 aliphatic carbocycles. The molecule has 32 heavy (non-hydrogen) atoms. The summed E-state index contributed by atoms with van der Waals surface area (Å²) in [4.78, 5) is 13.2. The molecule has 7 heteroatoms. The molecule has 0 unspecified atom stereocenters. The van der Waals surface area contributed by atoms with E-state index in [-0.39, 0.29) is 17.1 Å². The van der Waals surface area contributed by atoms with Gasteiger partial charge < -0.3 is 10.1 Å². The number of benzene rings is 3. The fraction of sp³-hybridized carbons (Fsp3) is 0.240. The van der Waals surface area contributed by atoms with Crippen LogP contribution in [-0.4, -0.2) is 27.5 Å². The molecule has 0 aromatic heterocycles. The highest BCUT2D eigenvalue weighted by molar-refractivity contribution is 7.89. The molecular formula is C25H28N2O4S. The third-order valence-electron chi connectivity index (χ3n) is 5.37. The Balaban J connectivity index is 1.95. The average Bonchev–Trinajstić information content (AvgIpc) is 2.77. The quantitative estimate of drug-likeness (QED) is 0.538. The van der Waals surface area contributed by atoms with Gasteiger partial charge in [-0.1, -0.05) is 48.5 Å². The Labute approximate surface area is 189 Å². The predicted octanol–water partition coefficient (Wildman–Crippen LogP) is 4.15. The van der Waals surface area contributed by atoms with Crippen LogP contribution in [0.25, 0.3) is 0 Å². The fourth-order valence-electron chi connectivity index (χ4n) is 3.39. The predicted molar refractivity (Wildman–Crippen MR) is 127 cm³/mol. The number of carbonyl (C=O) groups excluding carboxylic acids is 1. The summed E-state index contributed by atoms with van der Waals surface area (Å²) in [5.74, 6) is -0.214. The zero-order chi connectivity index (χ0) is 23.3. The van der Waals surface area contributed by atoms with Gasteiger partial charge in [-0.05, 0) is 67.6 Å². The van der Waals surface area contributed by atoms with Gasteiger partial charge in [-0.3, -0.25) is 4.79 Å². The van der Waals surface area contributed by atoms with Crippen LogP contribution in [-0.2, 0) is 21.2 Å².